The molecule has 3 N–H and O–H groups in total. The molecule has 22 heavy (non-hydrogen) atoms. The highest BCUT2D eigenvalue weighted by Gasteiger charge is 2.19. The molecule has 1 atom stereocenters. The lowest BCUT2D eigenvalue weighted by Crippen LogP contribution is -2.40. The number of nitrogens with one attached hydrogen (secondary N) is 2. The molecule has 5 nitrogen and oxygen atoms in total. The van der Waals surface area contributed by atoms with Crippen LogP contribution in [0.4, 0.5) is 10.5 Å². The second-order valence-electron chi connectivity index (χ2n) is 6.42. The third kappa shape index (κ3) is 5.38. The van der Waals surface area contributed by atoms with E-state index in [1.165, 1.54) is 0 Å². The van der Waals surface area contributed by atoms with Crippen molar-refractivity contribution >= 4 is 11.7 Å². The fraction of sp³-hybridized carbons (Fsp3) is 0.529. The Hall–Kier alpha value is -2.06. The van der Waals surface area contributed by atoms with Gasteiger partial charge in [0.15, 0.2) is 0 Å². The summed E-state index contributed by atoms with van der Waals surface area (Å²) < 4.78 is 0. The summed E-state index contributed by atoms with van der Waals surface area (Å²) in [6.45, 7) is 7.69. The molecule has 0 radical (unpaired) electrons. The fourth-order valence-electron chi connectivity index (χ4n) is 2.14. The lowest BCUT2D eigenvalue weighted by atomic mass is 9.86. The molecular weight excluding hydrogens is 278 g/mol. The number of aliphatic hydroxyl groups is 1. The van der Waals surface area contributed by atoms with E-state index in [1.807, 2.05) is 39.8 Å². The molecule has 0 aliphatic carbocycles. The van der Waals surface area contributed by atoms with E-state index >= 15 is 0 Å². The molecule has 2 amide bonds. The Labute approximate surface area is 132 Å². The molecule has 0 aliphatic heterocycles. The number of amides is 2. The molecule has 0 saturated carbocycles. The maximum Gasteiger partial charge on any atom is 0.319 e. The van der Waals surface area contributed by atoms with Crippen LogP contribution in [0.3, 0.4) is 0 Å². The molecule has 120 valence electrons. The van der Waals surface area contributed by atoms with Crippen LogP contribution in [0.5, 0.6) is 0 Å². The minimum Gasteiger partial charge on any atom is -0.394 e. The van der Waals surface area contributed by atoms with Crippen LogP contribution < -0.4 is 10.6 Å². The highest BCUT2D eigenvalue weighted by atomic mass is 16.3. The van der Waals surface area contributed by atoms with Crippen molar-refractivity contribution < 1.29 is 9.90 Å². The zero-order valence-corrected chi connectivity index (χ0v) is 13.7. The minimum absolute atomic E-state index is 0.0824. The van der Waals surface area contributed by atoms with Crippen LogP contribution in [0, 0.1) is 17.2 Å². The number of rotatable bonds is 6. The van der Waals surface area contributed by atoms with Crippen molar-refractivity contribution in [2.24, 2.45) is 5.92 Å². The van der Waals surface area contributed by atoms with Crippen molar-refractivity contribution in [2.75, 3.05) is 11.9 Å². The number of benzene rings is 1. The third-order valence-corrected chi connectivity index (χ3v) is 3.46. The Bertz CT molecular complexity index is 530. The van der Waals surface area contributed by atoms with E-state index in [0.717, 1.165) is 12.0 Å². The average Bonchev–Trinajstić information content (AvgIpc) is 2.46. The van der Waals surface area contributed by atoms with E-state index in [2.05, 4.69) is 16.7 Å². The molecule has 1 rings (SSSR count). The Kier molecular flexibility index (Phi) is 6.39. The first-order valence-electron chi connectivity index (χ1n) is 7.48. The third-order valence-electron chi connectivity index (χ3n) is 3.46. The fourth-order valence-corrected chi connectivity index (χ4v) is 2.14. The van der Waals surface area contributed by atoms with Gasteiger partial charge in [-0.15, -0.1) is 0 Å². The van der Waals surface area contributed by atoms with Gasteiger partial charge >= 0.3 is 6.03 Å². The molecule has 0 fully saturated rings. The van der Waals surface area contributed by atoms with E-state index in [4.69, 9.17) is 5.26 Å². The largest absolute Gasteiger partial charge is 0.394 e. The number of carbonyl (C=O) groups is 1. The van der Waals surface area contributed by atoms with Crippen LogP contribution >= 0.6 is 0 Å². The molecule has 5 heteroatoms. The Morgan fingerprint density at radius 2 is 1.91 bits per heavy atom. The number of hydrogen-bond donors (Lipinski definition) is 3. The van der Waals surface area contributed by atoms with Gasteiger partial charge in [-0.1, -0.05) is 26.0 Å². The second-order valence-corrected chi connectivity index (χ2v) is 6.42. The van der Waals surface area contributed by atoms with E-state index in [-0.39, 0.29) is 18.7 Å². The molecule has 0 spiro atoms. The Morgan fingerprint density at radius 3 is 2.36 bits per heavy atom. The van der Waals surface area contributed by atoms with Gasteiger partial charge in [-0.25, -0.2) is 4.79 Å². The van der Waals surface area contributed by atoms with Crippen LogP contribution in [0.2, 0.25) is 0 Å². The first kappa shape index (κ1) is 18.0. The van der Waals surface area contributed by atoms with Crippen LogP contribution in [0.1, 0.15) is 39.7 Å². The Morgan fingerprint density at radius 1 is 1.32 bits per heavy atom. The summed E-state index contributed by atoms with van der Waals surface area (Å²) in [6.07, 6.45) is 0.721. The molecule has 1 aromatic rings. The van der Waals surface area contributed by atoms with Crippen molar-refractivity contribution in [1.29, 1.82) is 5.26 Å². The van der Waals surface area contributed by atoms with Gasteiger partial charge in [0.1, 0.15) is 0 Å². The first-order chi connectivity index (χ1) is 10.3. The molecule has 0 heterocycles. The summed E-state index contributed by atoms with van der Waals surface area (Å²) in [7, 11) is 0. The second kappa shape index (κ2) is 7.81. The number of nitriles is 1. The van der Waals surface area contributed by atoms with Crippen molar-refractivity contribution in [3.05, 3.63) is 29.8 Å². The summed E-state index contributed by atoms with van der Waals surface area (Å²) in [5.74, 6) is 0.393. The number of anilines is 1. The number of urea groups is 1. The number of aliphatic hydroxyl groups excluding tert-OH is 1. The molecule has 0 aromatic heterocycles. The average molecular weight is 303 g/mol. The van der Waals surface area contributed by atoms with Crippen LogP contribution in [0.25, 0.3) is 0 Å². The van der Waals surface area contributed by atoms with Gasteiger partial charge in [0.2, 0.25) is 0 Å². The van der Waals surface area contributed by atoms with Gasteiger partial charge in [-0.2, -0.15) is 5.26 Å². The van der Waals surface area contributed by atoms with Crippen molar-refractivity contribution in [3.8, 4) is 6.07 Å². The van der Waals surface area contributed by atoms with Crippen molar-refractivity contribution in [3.63, 3.8) is 0 Å². The highest BCUT2D eigenvalue weighted by molar-refractivity contribution is 5.89. The monoisotopic (exact) mass is 303 g/mol. The zero-order valence-electron chi connectivity index (χ0n) is 13.7. The van der Waals surface area contributed by atoms with Crippen molar-refractivity contribution in [1.82, 2.24) is 5.32 Å². The number of carbonyl (C=O) groups excluding carboxylic acids is 1. The maximum atomic E-state index is 11.9. The minimum atomic E-state index is -0.556. The highest BCUT2D eigenvalue weighted by Crippen LogP contribution is 2.23. The van der Waals surface area contributed by atoms with Gasteiger partial charge in [0.05, 0.1) is 24.1 Å². The predicted molar refractivity (Wildman–Crippen MR) is 87.6 cm³/mol. The van der Waals surface area contributed by atoms with Crippen LogP contribution in [0.15, 0.2) is 24.3 Å². The van der Waals surface area contributed by atoms with E-state index in [0.29, 0.717) is 11.6 Å². The van der Waals surface area contributed by atoms with Gasteiger partial charge in [0, 0.05) is 5.69 Å². The van der Waals surface area contributed by atoms with Gasteiger partial charge in [-0.3, -0.25) is 0 Å². The molecule has 0 aliphatic rings. The topological polar surface area (TPSA) is 85.2 Å². The van der Waals surface area contributed by atoms with E-state index < -0.39 is 5.41 Å². The smallest absolute Gasteiger partial charge is 0.319 e. The van der Waals surface area contributed by atoms with Gasteiger partial charge < -0.3 is 15.7 Å². The molecule has 0 bridgehead atoms. The summed E-state index contributed by atoms with van der Waals surface area (Å²) in [5.41, 5.74) is 0.991. The summed E-state index contributed by atoms with van der Waals surface area (Å²) in [5, 5.41) is 23.9. The van der Waals surface area contributed by atoms with E-state index in [9.17, 15) is 9.90 Å². The molecule has 0 saturated heterocycles. The first-order valence-corrected chi connectivity index (χ1v) is 7.48. The Balaban J connectivity index is 2.64. The van der Waals surface area contributed by atoms with Crippen LogP contribution in [-0.2, 0) is 5.41 Å². The standard InChI is InChI=1S/C17H25N3O2/c1-12(2)9-15(10-21)20-16(22)19-14-7-5-13(6-8-14)17(3,4)11-18/h5-8,12,15,21H,9-10H2,1-4H3,(H2,19,20,22)/t15-/m0/s1. The zero-order chi connectivity index (χ0) is 16.8. The van der Waals surface area contributed by atoms with Crippen molar-refractivity contribution in [2.45, 2.75) is 45.6 Å². The molecule has 1 aromatic carbocycles. The number of nitrogens with zero attached hydrogens (tertiary/aromatic N) is 1. The predicted octanol–water partition coefficient (Wildman–Crippen LogP) is 3.02. The lowest BCUT2D eigenvalue weighted by Gasteiger charge is -2.19. The lowest BCUT2D eigenvalue weighted by molar-refractivity contribution is 0.214. The SMILES string of the molecule is CC(C)C[C@@H](CO)NC(=O)Nc1ccc(C(C)(C)C#N)cc1. The molecule has 0 unspecified atom stereocenters. The quantitative estimate of drug-likeness (QED) is 0.755. The normalized spacial score (nSPS) is 12.6. The summed E-state index contributed by atoms with van der Waals surface area (Å²) >= 11 is 0. The maximum absolute atomic E-state index is 11.9. The van der Waals surface area contributed by atoms with E-state index in [1.54, 1.807) is 12.1 Å². The summed E-state index contributed by atoms with van der Waals surface area (Å²) in [4.78, 5) is 11.9. The molecular formula is C17H25N3O2. The summed E-state index contributed by atoms with van der Waals surface area (Å²) in [6, 6.07) is 8.84. The number of hydrogen-bond acceptors (Lipinski definition) is 3. The van der Waals surface area contributed by atoms with Gasteiger partial charge in [-0.05, 0) is 43.9 Å². The van der Waals surface area contributed by atoms with Gasteiger partial charge in [0.25, 0.3) is 0 Å². The van der Waals surface area contributed by atoms with Crippen LogP contribution in [-0.4, -0.2) is 23.8 Å².